The highest BCUT2D eigenvalue weighted by atomic mass is 79.9. The predicted molar refractivity (Wildman–Crippen MR) is 129 cm³/mol. The number of hydrogen-bond donors (Lipinski definition) is 0. The second-order valence-corrected chi connectivity index (χ2v) is 8.12. The zero-order valence-corrected chi connectivity index (χ0v) is 18.6. The molecule has 0 aliphatic carbocycles. The Morgan fingerprint density at radius 1 is 0.839 bits per heavy atom. The van der Waals surface area contributed by atoms with Crippen LogP contribution in [0.5, 0.6) is 0 Å². The van der Waals surface area contributed by atoms with Gasteiger partial charge >= 0.3 is 0 Å². The summed E-state index contributed by atoms with van der Waals surface area (Å²) in [6.07, 6.45) is 3.66. The third-order valence-corrected chi connectivity index (χ3v) is 5.81. The summed E-state index contributed by atoms with van der Waals surface area (Å²) < 4.78 is 2.74. The van der Waals surface area contributed by atoms with Crippen LogP contribution in [0.3, 0.4) is 0 Å². The Labute approximate surface area is 193 Å². The molecule has 5 aromatic rings. The first kappa shape index (κ1) is 19.7. The van der Waals surface area contributed by atoms with Crippen LogP contribution in [0, 0.1) is 0 Å². The lowest BCUT2D eigenvalue weighted by Crippen LogP contribution is -2.04. The molecule has 0 fully saturated rings. The van der Waals surface area contributed by atoms with Gasteiger partial charge in [0.25, 0.3) is 0 Å². The van der Waals surface area contributed by atoms with Crippen molar-refractivity contribution in [2.75, 3.05) is 0 Å². The maximum atomic E-state index is 6.46. The number of rotatable bonds is 4. The zero-order valence-electron chi connectivity index (χ0n) is 16.3. The van der Waals surface area contributed by atoms with E-state index in [-0.39, 0.29) is 0 Å². The fourth-order valence-corrected chi connectivity index (χ4v) is 4.02. The van der Waals surface area contributed by atoms with E-state index in [0.717, 1.165) is 32.7 Å². The molecule has 31 heavy (non-hydrogen) atoms. The Balaban J connectivity index is 1.78. The number of halogens is 2. The quantitative estimate of drug-likeness (QED) is 0.257. The molecular formula is C25H16BrClN4. The maximum Gasteiger partial charge on any atom is 0.197 e. The number of imidazole rings is 1. The summed E-state index contributed by atoms with van der Waals surface area (Å²) in [7, 11) is 0. The molecule has 0 radical (unpaired) electrons. The lowest BCUT2D eigenvalue weighted by molar-refractivity contribution is 1.10. The molecular weight excluding hydrogens is 472 g/mol. The van der Waals surface area contributed by atoms with Crippen molar-refractivity contribution < 1.29 is 0 Å². The van der Waals surface area contributed by atoms with E-state index >= 15 is 0 Å². The first-order valence-electron chi connectivity index (χ1n) is 9.69. The van der Waals surface area contributed by atoms with E-state index < -0.39 is 0 Å². The number of nitrogens with zero attached hydrogens (tertiary/aromatic N) is 4. The van der Waals surface area contributed by atoms with Gasteiger partial charge in [0.2, 0.25) is 0 Å². The molecule has 0 amide bonds. The topological polar surface area (TPSA) is 42.5 Å². The second kappa shape index (κ2) is 8.46. The van der Waals surface area contributed by atoms with Crippen molar-refractivity contribution in [1.29, 1.82) is 0 Å². The highest BCUT2D eigenvalue weighted by Crippen LogP contribution is 2.31. The van der Waals surface area contributed by atoms with Gasteiger partial charge in [0, 0.05) is 22.9 Å². The van der Waals surface area contributed by atoms with Crippen molar-refractivity contribution in [3.05, 3.63) is 118 Å². The van der Waals surface area contributed by atoms with Gasteiger partial charge in [0.1, 0.15) is 4.60 Å². The monoisotopic (exact) mass is 486 g/mol. The largest absolute Gasteiger partial charge is 0.289 e. The van der Waals surface area contributed by atoms with Crippen molar-refractivity contribution >= 4 is 44.7 Å². The third-order valence-electron chi connectivity index (χ3n) is 4.89. The Bertz CT molecular complexity index is 1350. The van der Waals surface area contributed by atoms with Crippen LogP contribution in [0.15, 0.2) is 107 Å². The minimum absolute atomic E-state index is 0.519. The van der Waals surface area contributed by atoms with E-state index in [1.807, 2.05) is 95.5 Å². The zero-order chi connectivity index (χ0) is 21.2. The van der Waals surface area contributed by atoms with E-state index in [9.17, 15) is 0 Å². The summed E-state index contributed by atoms with van der Waals surface area (Å²) in [4.78, 5) is 14.4. The van der Waals surface area contributed by atoms with Crippen LogP contribution in [0.1, 0.15) is 11.1 Å². The van der Waals surface area contributed by atoms with Crippen molar-refractivity contribution in [1.82, 2.24) is 14.4 Å². The molecule has 0 aliphatic heterocycles. The van der Waals surface area contributed by atoms with Crippen molar-refractivity contribution in [3.63, 3.8) is 0 Å². The van der Waals surface area contributed by atoms with Gasteiger partial charge in [-0.05, 0) is 22.0 Å². The van der Waals surface area contributed by atoms with Gasteiger partial charge in [-0.25, -0.2) is 15.0 Å². The van der Waals surface area contributed by atoms with Crippen molar-refractivity contribution in [2.24, 2.45) is 4.99 Å². The molecule has 0 atom stereocenters. The van der Waals surface area contributed by atoms with Gasteiger partial charge in [-0.15, -0.1) is 0 Å². The lowest BCUT2D eigenvalue weighted by atomic mass is 10.0. The van der Waals surface area contributed by atoms with Crippen LogP contribution in [-0.4, -0.2) is 20.1 Å². The average Bonchev–Trinajstić information content (AvgIpc) is 3.19. The number of benzene rings is 3. The van der Waals surface area contributed by atoms with Crippen molar-refractivity contribution in [3.8, 4) is 11.3 Å². The maximum absolute atomic E-state index is 6.46. The van der Waals surface area contributed by atoms with Crippen LogP contribution in [-0.2, 0) is 0 Å². The molecule has 0 N–H and O–H groups in total. The molecule has 0 spiro atoms. The Kier molecular flexibility index (Phi) is 5.37. The molecule has 0 saturated carbocycles. The normalized spacial score (nSPS) is 10.9. The predicted octanol–water partition coefficient (Wildman–Crippen LogP) is 6.98. The summed E-state index contributed by atoms with van der Waals surface area (Å²) >= 11 is 10.0. The fourth-order valence-electron chi connectivity index (χ4n) is 3.41. The molecule has 0 saturated heterocycles. The average molecular weight is 488 g/mol. The Morgan fingerprint density at radius 2 is 1.45 bits per heavy atom. The van der Waals surface area contributed by atoms with Crippen LogP contribution >= 0.6 is 27.5 Å². The molecule has 4 nitrogen and oxygen atoms in total. The first-order valence-corrected chi connectivity index (χ1v) is 10.9. The number of aromatic nitrogens is 3. The Hall–Kier alpha value is -3.28. The standard InChI is InChI=1S/C25H16BrClN4/c26-22-15-28-25-24(29-21(16-31(22)25)19-13-7-8-14-20(19)27)30-23(17-9-3-1-4-10-17)18-11-5-2-6-12-18/h1-16H. The third kappa shape index (κ3) is 3.90. The fraction of sp³-hybridized carbons (Fsp3) is 0. The highest BCUT2D eigenvalue weighted by molar-refractivity contribution is 9.10. The van der Waals surface area contributed by atoms with E-state index in [0.29, 0.717) is 16.5 Å². The van der Waals surface area contributed by atoms with E-state index in [2.05, 4.69) is 20.9 Å². The molecule has 6 heteroatoms. The van der Waals surface area contributed by atoms with Gasteiger partial charge in [-0.3, -0.25) is 4.40 Å². The van der Waals surface area contributed by atoms with Crippen LogP contribution in [0.25, 0.3) is 16.9 Å². The van der Waals surface area contributed by atoms with Gasteiger partial charge in [0.05, 0.1) is 22.6 Å². The molecule has 0 aliphatic rings. The summed E-state index contributed by atoms with van der Waals surface area (Å²) in [5, 5.41) is 0.631. The smallest absolute Gasteiger partial charge is 0.197 e. The number of fused-ring (bicyclic) bond motifs is 1. The SMILES string of the molecule is Clc1ccccc1-c1cn2c(Br)cnc2c(N=C(c2ccccc2)c2ccccc2)n1. The van der Waals surface area contributed by atoms with Crippen LogP contribution in [0.2, 0.25) is 5.02 Å². The molecule has 2 aromatic heterocycles. The lowest BCUT2D eigenvalue weighted by Gasteiger charge is -2.10. The highest BCUT2D eigenvalue weighted by Gasteiger charge is 2.15. The van der Waals surface area contributed by atoms with E-state index in [1.165, 1.54) is 0 Å². The molecule has 0 bridgehead atoms. The minimum atomic E-state index is 0.519. The van der Waals surface area contributed by atoms with Gasteiger partial charge in [-0.1, -0.05) is 90.5 Å². The molecule has 0 unspecified atom stereocenters. The van der Waals surface area contributed by atoms with Crippen LogP contribution in [0.4, 0.5) is 5.82 Å². The summed E-state index contributed by atoms with van der Waals surface area (Å²) in [6.45, 7) is 0. The first-order chi connectivity index (χ1) is 15.2. The molecule has 3 aromatic carbocycles. The van der Waals surface area contributed by atoms with Gasteiger partial charge in [-0.2, -0.15) is 0 Å². The second-order valence-electron chi connectivity index (χ2n) is 6.90. The molecule has 5 rings (SSSR count). The van der Waals surface area contributed by atoms with Gasteiger partial charge in [0.15, 0.2) is 11.5 Å². The van der Waals surface area contributed by atoms with Crippen LogP contribution < -0.4 is 0 Å². The number of aliphatic imine (C=N–C) groups is 1. The Morgan fingerprint density at radius 3 is 2.10 bits per heavy atom. The summed E-state index contributed by atoms with van der Waals surface area (Å²) in [5.41, 5.74) is 5.04. The van der Waals surface area contributed by atoms with E-state index in [1.54, 1.807) is 6.20 Å². The number of hydrogen-bond acceptors (Lipinski definition) is 3. The summed E-state index contributed by atoms with van der Waals surface area (Å²) in [5.74, 6) is 0.519. The van der Waals surface area contributed by atoms with E-state index in [4.69, 9.17) is 21.6 Å². The van der Waals surface area contributed by atoms with Gasteiger partial charge < -0.3 is 0 Å². The van der Waals surface area contributed by atoms with Crippen molar-refractivity contribution in [2.45, 2.75) is 0 Å². The molecule has 2 heterocycles. The minimum Gasteiger partial charge on any atom is -0.289 e. The molecule has 150 valence electrons. The summed E-state index contributed by atoms with van der Waals surface area (Å²) in [6, 6.07) is 27.8.